The third-order valence-electron chi connectivity index (χ3n) is 1.77. The summed E-state index contributed by atoms with van der Waals surface area (Å²) in [7, 11) is 0. The Morgan fingerprint density at radius 1 is 1.60 bits per heavy atom. The fraction of sp³-hybridized carbons (Fsp3) is 0.444. The van der Waals surface area contributed by atoms with E-state index < -0.39 is 18.9 Å². The fourth-order valence-electron chi connectivity index (χ4n) is 1.11. The van der Waals surface area contributed by atoms with E-state index in [4.69, 9.17) is 4.42 Å². The van der Waals surface area contributed by atoms with Crippen molar-refractivity contribution in [3.05, 3.63) is 24.2 Å². The van der Waals surface area contributed by atoms with Crippen molar-refractivity contribution in [2.24, 2.45) is 0 Å². The number of halogens is 3. The number of amides is 1. The molecule has 0 fully saturated rings. The Hall–Kier alpha value is -0.910. The molecule has 0 bridgehead atoms. The largest absolute Gasteiger partial charge is 0.472 e. The molecule has 1 aromatic rings. The van der Waals surface area contributed by atoms with Gasteiger partial charge in [-0.1, -0.05) is 15.9 Å². The summed E-state index contributed by atoms with van der Waals surface area (Å²) in [5.74, 6) is -0.441. The molecule has 0 N–H and O–H groups in total. The first kappa shape index (κ1) is 12.2. The van der Waals surface area contributed by atoms with Gasteiger partial charge in [-0.25, -0.2) is 8.78 Å². The Bertz CT molecular complexity index is 303. The van der Waals surface area contributed by atoms with Gasteiger partial charge in [-0.05, 0) is 6.07 Å². The predicted octanol–water partition coefficient (Wildman–Crippen LogP) is 2.38. The molecular weight excluding hydrogens is 272 g/mol. The number of rotatable bonds is 5. The minimum Gasteiger partial charge on any atom is -0.472 e. The fourth-order valence-corrected chi connectivity index (χ4v) is 1.54. The Morgan fingerprint density at radius 3 is 2.80 bits per heavy atom. The summed E-state index contributed by atoms with van der Waals surface area (Å²) >= 11 is 3.11. The van der Waals surface area contributed by atoms with Crippen molar-refractivity contribution in [1.29, 1.82) is 0 Å². The molecule has 0 aromatic carbocycles. The van der Waals surface area contributed by atoms with Crippen LogP contribution >= 0.6 is 15.9 Å². The Morgan fingerprint density at radius 2 is 2.33 bits per heavy atom. The van der Waals surface area contributed by atoms with Crippen LogP contribution in [0, 0.1) is 0 Å². The van der Waals surface area contributed by atoms with E-state index in [1.165, 1.54) is 18.6 Å². The first-order valence-electron chi connectivity index (χ1n) is 4.30. The molecule has 0 unspecified atom stereocenters. The molecule has 1 rings (SSSR count). The summed E-state index contributed by atoms with van der Waals surface area (Å²) in [6, 6.07) is 1.45. The quantitative estimate of drug-likeness (QED) is 0.777. The molecule has 15 heavy (non-hydrogen) atoms. The average molecular weight is 282 g/mol. The number of furan rings is 1. The van der Waals surface area contributed by atoms with Gasteiger partial charge in [-0.2, -0.15) is 0 Å². The van der Waals surface area contributed by atoms with Crippen LogP contribution in [0.2, 0.25) is 0 Å². The number of hydrogen-bond donors (Lipinski definition) is 0. The van der Waals surface area contributed by atoms with Crippen LogP contribution in [0.15, 0.2) is 23.0 Å². The van der Waals surface area contributed by atoms with Crippen LogP contribution < -0.4 is 0 Å². The number of hydrogen-bond acceptors (Lipinski definition) is 2. The summed E-state index contributed by atoms with van der Waals surface area (Å²) in [5.41, 5.74) is 0.289. The Kier molecular flexibility index (Phi) is 4.74. The lowest BCUT2D eigenvalue weighted by Gasteiger charge is -2.20. The zero-order chi connectivity index (χ0) is 11.3. The molecule has 84 valence electrons. The van der Waals surface area contributed by atoms with Gasteiger partial charge in [0, 0.05) is 11.9 Å². The van der Waals surface area contributed by atoms with Crippen molar-refractivity contribution in [2.45, 2.75) is 6.43 Å². The van der Waals surface area contributed by atoms with Crippen LogP contribution in [0.3, 0.4) is 0 Å². The summed E-state index contributed by atoms with van der Waals surface area (Å²) < 4.78 is 29.1. The minimum atomic E-state index is -2.53. The normalized spacial score (nSPS) is 10.7. The van der Waals surface area contributed by atoms with E-state index in [1.807, 2.05) is 0 Å². The summed E-state index contributed by atoms with van der Waals surface area (Å²) in [5, 5.41) is 0.462. The van der Waals surface area contributed by atoms with E-state index >= 15 is 0 Å². The van der Waals surface area contributed by atoms with Crippen molar-refractivity contribution >= 4 is 21.8 Å². The second-order valence-corrected chi connectivity index (χ2v) is 3.64. The van der Waals surface area contributed by atoms with Gasteiger partial charge in [0.1, 0.15) is 6.26 Å². The predicted molar refractivity (Wildman–Crippen MR) is 54.4 cm³/mol. The zero-order valence-corrected chi connectivity index (χ0v) is 9.41. The first-order valence-corrected chi connectivity index (χ1v) is 5.43. The highest BCUT2D eigenvalue weighted by atomic mass is 79.9. The van der Waals surface area contributed by atoms with Gasteiger partial charge < -0.3 is 9.32 Å². The Labute approximate surface area is 94.2 Å². The molecular formula is C9H10BrF2NO2. The van der Waals surface area contributed by atoms with Gasteiger partial charge in [0.15, 0.2) is 0 Å². The molecule has 0 radical (unpaired) electrons. The van der Waals surface area contributed by atoms with E-state index in [2.05, 4.69) is 15.9 Å². The van der Waals surface area contributed by atoms with Crippen molar-refractivity contribution < 1.29 is 18.0 Å². The number of carbonyl (C=O) groups is 1. The van der Waals surface area contributed by atoms with Gasteiger partial charge >= 0.3 is 0 Å². The van der Waals surface area contributed by atoms with Crippen molar-refractivity contribution in [3.63, 3.8) is 0 Å². The van der Waals surface area contributed by atoms with Crippen LogP contribution in [0.4, 0.5) is 8.78 Å². The summed E-state index contributed by atoms with van der Waals surface area (Å²) in [6.45, 7) is -0.316. The molecule has 0 saturated heterocycles. The van der Waals surface area contributed by atoms with Crippen LogP contribution in [0.25, 0.3) is 0 Å². The van der Waals surface area contributed by atoms with E-state index in [9.17, 15) is 13.6 Å². The van der Waals surface area contributed by atoms with Crippen molar-refractivity contribution in [2.75, 3.05) is 18.4 Å². The molecule has 0 spiro atoms. The zero-order valence-electron chi connectivity index (χ0n) is 7.83. The van der Waals surface area contributed by atoms with Gasteiger partial charge in [-0.15, -0.1) is 0 Å². The molecule has 0 aliphatic rings. The molecule has 3 nitrogen and oxygen atoms in total. The van der Waals surface area contributed by atoms with E-state index in [0.717, 1.165) is 4.90 Å². The van der Waals surface area contributed by atoms with Crippen molar-refractivity contribution in [1.82, 2.24) is 4.90 Å². The van der Waals surface area contributed by atoms with Crippen LogP contribution in [-0.4, -0.2) is 35.7 Å². The maximum atomic E-state index is 12.2. The monoisotopic (exact) mass is 281 g/mol. The number of carbonyl (C=O) groups excluding carboxylic acids is 1. The molecule has 0 aliphatic heterocycles. The lowest BCUT2D eigenvalue weighted by molar-refractivity contribution is 0.0572. The highest BCUT2D eigenvalue weighted by Gasteiger charge is 2.19. The van der Waals surface area contributed by atoms with Gasteiger partial charge in [-0.3, -0.25) is 4.79 Å². The highest BCUT2D eigenvalue weighted by molar-refractivity contribution is 9.09. The Balaban J connectivity index is 2.67. The van der Waals surface area contributed by atoms with Crippen LogP contribution in [-0.2, 0) is 0 Å². The van der Waals surface area contributed by atoms with E-state index in [0.29, 0.717) is 5.33 Å². The highest BCUT2D eigenvalue weighted by Crippen LogP contribution is 2.08. The lowest BCUT2D eigenvalue weighted by Crippen LogP contribution is -2.36. The van der Waals surface area contributed by atoms with Crippen molar-refractivity contribution in [3.8, 4) is 0 Å². The second-order valence-electron chi connectivity index (χ2n) is 2.84. The van der Waals surface area contributed by atoms with E-state index in [1.54, 1.807) is 0 Å². The topological polar surface area (TPSA) is 33.5 Å². The standard InChI is InChI=1S/C9H10BrF2NO2/c10-2-3-13(5-8(11)12)9(14)7-1-4-15-6-7/h1,4,6,8H,2-3,5H2. The molecule has 1 amide bonds. The second kappa shape index (κ2) is 5.85. The number of nitrogens with zero attached hydrogens (tertiary/aromatic N) is 1. The van der Waals surface area contributed by atoms with Crippen LogP contribution in [0.1, 0.15) is 10.4 Å². The lowest BCUT2D eigenvalue weighted by atomic mass is 10.3. The first-order chi connectivity index (χ1) is 7.15. The third-order valence-corrected chi connectivity index (χ3v) is 2.12. The molecule has 0 atom stereocenters. The summed E-state index contributed by atoms with van der Waals surface area (Å²) in [6.07, 6.45) is 0.0524. The minimum absolute atomic E-state index is 0.244. The maximum Gasteiger partial charge on any atom is 0.257 e. The number of alkyl halides is 3. The molecule has 1 heterocycles. The summed E-state index contributed by atoms with van der Waals surface area (Å²) in [4.78, 5) is 12.7. The van der Waals surface area contributed by atoms with Gasteiger partial charge in [0.05, 0.1) is 18.4 Å². The molecule has 0 saturated carbocycles. The van der Waals surface area contributed by atoms with Crippen LogP contribution in [0.5, 0.6) is 0 Å². The third kappa shape index (κ3) is 3.62. The smallest absolute Gasteiger partial charge is 0.257 e. The van der Waals surface area contributed by atoms with Gasteiger partial charge in [0.2, 0.25) is 0 Å². The van der Waals surface area contributed by atoms with E-state index in [-0.39, 0.29) is 12.1 Å². The molecule has 6 heteroatoms. The molecule has 1 aromatic heterocycles. The van der Waals surface area contributed by atoms with Gasteiger partial charge in [0.25, 0.3) is 12.3 Å². The SMILES string of the molecule is O=C(c1ccoc1)N(CCBr)CC(F)F. The maximum absolute atomic E-state index is 12.2. The molecule has 0 aliphatic carbocycles. The average Bonchev–Trinajstić information content (AvgIpc) is 2.68.